The molecule has 7 heteroatoms. The highest BCUT2D eigenvalue weighted by molar-refractivity contribution is 5.79. The molecule has 3 N–H and O–H groups in total. The first-order valence-electron chi connectivity index (χ1n) is 9.05. The molecule has 0 radical (unpaired) electrons. The van der Waals surface area contributed by atoms with Crippen molar-refractivity contribution in [2.24, 2.45) is 0 Å². The van der Waals surface area contributed by atoms with Crippen molar-refractivity contribution in [3.8, 4) is 5.75 Å². The Morgan fingerprint density at radius 2 is 2.04 bits per heavy atom. The molecule has 0 amide bonds. The number of aromatic nitrogens is 2. The standard InChI is InChI=1S/C21H25F2N3O2/c1-20(2,17-9-15(23)4-5-19(17)28-3)12-21(27,13-22)25-10-16-8-14-6-7-24-11-18(14)26-16/h4-9,11,25-27H,10,12-13H2,1-3H3. The zero-order chi connectivity index (χ0) is 20.4. The van der Waals surface area contributed by atoms with E-state index in [2.05, 4.69) is 15.3 Å². The van der Waals surface area contributed by atoms with Gasteiger partial charge in [-0.25, -0.2) is 8.78 Å². The molecule has 0 saturated carbocycles. The van der Waals surface area contributed by atoms with Crippen LogP contribution in [0.25, 0.3) is 10.9 Å². The van der Waals surface area contributed by atoms with Gasteiger partial charge in [0.25, 0.3) is 0 Å². The van der Waals surface area contributed by atoms with E-state index in [-0.39, 0.29) is 13.0 Å². The van der Waals surface area contributed by atoms with Gasteiger partial charge in [-0.3, -0.25) is 10.3 Å². The molecule has 2 heterocycles. The summed E-state index contributed by atoms with van der Waals surface area (Å²) in [4.78, 5) is 7.24. The quantitative estimate of drug-likeness (QED) is 0.512. The summed E-state index contributed by atoms with van der Waals surface area (Å²) in [6.07, 6.45) is 3.43. The predicted octanol–water partition coefficient (Wildman–Crippen LogP) is 3.83. The van der Waals surface area contributed by atoms with Gasteiger partial charge in [-0.2, -0.15) is 0 Å². The number of methoxy groups -OCH3 is 1. The van der Waals surface area contributed by atoms with Crippen LogP contribution < -0.4 is 10.1 Å². The molecule has 1 atom stereocenters. The lowest BCUT2D eigenvalue weighted by atomic mass is 9.77. The molecule has 3 rings (SSSR count). The van der Waals surface area contributed by atoms with Crippen LogP contribution in [0.15, 0.2) is 42.7 Å². The molecule has 2 aromatic heterocycles. The highest BCUT2D eigenvalue weighted by atomic mass is 19.1. The Bertz CT molecular complexity index is 925. The summed E-state index contributed by atoms with van der Waals surface area (Å²) in [6.45, 7) is 2.89. The monoisotopic (exact) mass is 389 g/mol. The highest BCUT2D eigenvalue weighted by Crippen LogP contribution is 2.37. The number of aromatic amines is 1. The fourth-order valence-electron chi connectivity index (χ4n) is 3.58. The summed E-state index contributed by atoms with van der Waals surface area (Å²) in [5, 5.41) is 14.7. The number of alkyl halides is 1. The molecule has 0 aliphatic rings. The van der Waals surface area contributed by atoms with Gasteiger partial charge >= 0.3 is 0 Å². The Kier molecular flexibility index (Phi) is 5.67. The molecule has 0 saturated heterocycles. The number of benzene rings is 1. The van der Waals surface area contributed by atoms with E-state index in [0.29, 0.717) is 11.3 Å². The molecule has 1 aromatic carbocycles. The number of H-pyrrole nitrogens is 1. The molecule has 28 heavy (non-hydrogen) atoms. The van der Waals surface area contributed by atoms with Gasteiger partial charge < -0.3 is 14.8 Å². The summed E-state index contributed by atoms with van der Waals surface area (Å²) in [7, 11) is 1.50. The molecular formula is C21H25F2N3O2. The number of halogens is 2. The number of pyridine rings is 1. The number of nitrogens with one attached hydrogen (secondary N) is 2. The second-order valence-corrected chi connectivity index (χ2v) is 7.68. The third-order valence-corrected chi connectivity index (χ3v) is 4.93. The topological polar surface area (TPSA) is 70.2 Å². The van der Waals surface area contributed by atoms with E-state index in [4.69, 9.17) is 4.74 Å². The minimum absolute atomic E-state index is 0.0259. The molecule has 1 unspecified atom stereocenters. The van der Waals surface area contributed by atoms with Crippen molar-refractivity contribution in [2.75, 3.05) is 13.8 Å². The van der Waals surface area contributed by atoms with E-state index in [9.17, 15) is 13.9 Å². The van der Waals surface area contributed by atoms with Gasteiger partial charge in [-0.05, 0) is 35.7 Å². The van der Waals surface area contributed by atoms with Crippen molar-refractivity contribution in [3.63, 3.8) is 0 Å². The summed E-state index contributed by atoms with van der Waals surface area (Å²) in [5.74, 6) is 0.0861. The largest absolute Gasteiger partial charge is 0.496 e. The van der Waals surface area contributed by atoms with Gasteiger partial charge in [0.05, 0.1) is 18.8 Å². The van der Waals surface area contributed by atoms with Gasteiger partial charge in [-0.15, -0.1) is 0 Å². The van der Waals surface area contributed by atoms with Gasteiger partial charge in [0.15, 0.2) is 0 Å². The Balaban J connectivity index is 1.78. The van der Waals surface area contributed by atoms with E-state index in [1.807, 2.05) is 26.0 Å². The van der Waals surface area contributed by atoms with Crippen molar-refractivity contribution in [3.05, 3.63) is 59.8 Å². The number of hydrogen-bond donors (Lipinski definition) is 3. The van der Waals surface area contributed by atoms with Crippen LogP contribution in [0.1, 0.15) is 31.5 Å². The number of ether oxygens (including phenoxy) is 1. The normalized spacial score (nSPS) is 14.2. The number of hydrogen-bond acceptors (Lipinski definition) is 4. The molecule has 0 spiro atoms. The van der Waals surface area contributed by atoms with Crippen LogP contribution >= 0.6 is 0 Å². The number of rotatable bonds is 8. The lowest BCUT2D eigenvalue weighted by molar-refractivity contribution is -0.0410. The van der Waals surface area contributed by atoms with Gasteiger partial charge in [0.1, 0.15) is 24.0 Å². The SMILES string of the molecule is COc1ccc(F)cc1C(C)(C)CC(O)(CF)NCc1cc2ccncc2[nH]1. The minimum atomic E-state index is -1.78. The summed E-state index contributed by atoms with van der Waals surface area (Å²) in [5.41, 5.74) is -0.286. The zero-order valence-electron chi connectivity index (χ0n) is 16.2. The fraction of sp³-hybridized carbons (Fsp3) is 0.381. The van der Waals surface area contributed by atoms with Crippen LogP contribution in [-0.4, -0.2) is 34.6 Å². The van der Waals surface area contributed by atoms with Crippen LogP contribution in [0.3, 0.4) is 0 Å². The number of fused-ring (bicyclic) bond motifs is 1. The van der Waals surface area contributed by atoms with Gasteiger partial charge in [-0.1, -0.05) is 13.8 Å². The second-order valence-electron chi connectivity index (χ2n) is 7.68. The van der Waals surface area contributed by atoms with E-state index in [1.165, 1.54) is 25.3 Å². The first-order valence-corrected chi connectivity index (χ1v) is 9.05. The van der Waals surface area contributed by atoms with Crippen LogP contribution in [0.2, 0.25) is 0 Å². The van der Waals surface area contributed by atoms with Crippen molar-refractivity contribution in [1.82, 2.24) is 15.3 Å². The van der Waals surface area contributed by atoms with Gasteiger partial charge in [0, 0.05) is 35.8 Å². The lowest BCUT2D eigenvalue weighted by Gasteiger charge is -2.36. The van der Waals surface area contributed by atoms with Crippen molar-refractivity contribution in [2.45, 2.75) is 38.0 Å². The molecule has 150 valence electrons. The molecule has 5 nitrogen and oxygen atoms in total. The first kappa shape index (κ1) is 20.2. The predicted molar refractivity (Wildman–Crippen MR) is 104 cm³/mol. The van der Waals surface area contributed by atoms with E-state index < -0.39 is 23.6 Å². The third kappa shape index (κ3) is 4.31. The molecule has 3 aromatic rings. The van der Waals surface area contributed by atoms with Crippen LogP contribution in [0, 0.1) is 5.82 Å². The summed E-state index contributed by atoms with van der Waals surface area (Å²) < 4.78 is 32.9. The van der Waals surface area contributed by atoms with E-state index in [0.717, 1.165) is 16.6 Å². The summed E-state index contributed by atoms with van der Waals surface area (Å²) in [6, 6.07) is 8.00. The average molecular weight is 389 g/mol. The van der Waals surface area contributed by atoms with Crippen LogP contribution in [0.5, 0.6) is 5.75 Å². The maximum absolute atomic E-state index is 13.8. The van der Waals surface area contributed by atoms with E-state index >= 15 is 0 Å². The molecule has 0 aliphatic carbocycles. The molecular weight excluding hydrogens is 364 g/mol. The van der Waals surface area contributed by atoms with Gasteiger partial charge in [0.2, 0.25) is 0 Å². The lowest BCUT2D eigenvalue weighted by Crippen LogP contribution is -2.50. The Hall–Kier alpha value is -2.51. The smallest absolute Gasteiger partial charge is 0.145 e. The van der Waals surface area contributed by atoms with E-state index in [1.54, 1.807) is 12.4 Å². The fourth-order valence-corrected chi connectivity index (χ4v) is 3.58. The molecule has 0 bridgehead atoms. The highest BCUT2D eigenvalue weighted by Gasteiger charge is 2.37. The molecule has 0 fully saturated rings. The zero-order valence-corrected chi connectivity index (χ0v) is 16.2. The Labute approximate surface area is 162 Å². The molecule has 0 aliphatic heterocycles. The Morgan fingerprint density at radius 1 is 1.25 bits per heavy atom. The van der Waals surface area contributed by atoms with Crippen LogP contribution in [-0.2, 0) is 12.0 Å². The Morgan fingerprint density at radius 3 is 2.71 bits per heavy atom. The second kappa shape index (κ2) is 7.85. The first-order chi connectivity index (χ1) is 13.3. The minimum Gasteiger partial charge on any atom is -0.496 e. The van der Waals surface area contributed by atoms with Crippen molar-refractivity contribution in [1.29, 1.82) is 0 Å². The third-order valence-electron chi connectivity index (χ3n) is 4.93. The van der Waals surface area contributed by atoms with Crippen LogP contribution in [0.4, 0.5) is 8.78 Å². The summed E-state index contributed by atoms with van der Waals surface area (Å²) >= 11 is 0. The van der Waals surface area contributed by atoms with Crippen molar-refractivity contribution >= 4 is 10.9 Å². The maximum atomic E-state index is 13.8. The number of aliphatic hydroxyl groups is 1. The number of nitrogens with zero attached hydrogens (tertiary/aromatic N) is 1. The average Bonchev–Trinajstić information content (AvgIpc) is 3.09. The maximum Gasteiger partial charge on any atom is 0.145 e. The van der Waals surface area contributed by atoms with Crippen molar-refractivity contribution < 1.29 is 18.6 Å².